The molecule has 0 fully saturated rings. The van der Waals surface area contributed by atoms with E-state index in [9.17, 15) is 8.42 Å². The van der Waals surface area contributed by atoms with Crippen molar-refractivity contribution in [2.24, 2.45) is 0 Å². The van der Waals surface area contributed by atoms with Gasteiger partial charge >= 0.3 is 0 Å². The van der Waals surface area contributed by atoms with Crippen LogP contribution in [-0.2, 0) is 10.0 Å². The van der Waals surface area contributed by atoms with Gasteiger partial charge < -0.3 is 5.32 Å². The fraction of sp³-hybridized carbons (Fsp3) is 0.286. The minimum atomic E-state index is -3.46. The SMILES string of the molecule is CCNS(=O)(=O)c1ccccc1NC(C)c1cccs1. The van der Waals surface area contributed by atoms with Gasteiger partial charge in [0.25, 0.3) is 0 Å². The van der Waals surface area contributed by atoms with E-state index in [4.69, 9.17) is 0 Å². The maximum atomic E-state index is 12.2. The second-order valence-electron chi connectivity index (χ2n) is 4.38. The average molecular weight is 310 g/mol. The number of benzene rings is 1. The highest BCUT2D eigenvalue weighted by atomic mass is 32.2. The third-order valence-corrected chi connectivity index (χ3v) is 5.51. The Bertz CT molecular complexity index is 652. The molecule has 2 aromatic rings. The lowest BCUT2D eigenvalue weighted by Gasteiger charge is -2.17. The molecule has 1 heterocycles. The van der Waals surface area contributed by atoms with Gasteiger partial charge in [0.1, 0.15) is 4.90 Å². The molecule has 0 saturated heterocycles. The normalized spacial score (nSPS) is 13.1. The van der Waals surface area contributed by atoms with Gasteiger partial charge in [0.05, 0.1) is 11.7 Å². The number of sulfonamides is 1. The summed E-state index contributed by atoms with van der Waals surface area (Å²) in [5.41, 5.74) is 0.620. The Labute approximate surface area is 123 Å². The van der Waals surface area contributed by atoms with Crippen molar-refractivity contribution in [1.29, 1.82) is 0 Å². The first-order valence-corrected chi connectivity index (χ1v) is 8.79. The van der Waals surface area contributed by atoms with E-state index < -0.39 is 10.0 Å². The number of hydrogen-bond donors (Lipinski definition) is 2. The van der Waals surface area contributed by atoms with Crippen LogP contribution in [0.4, 0.5) is 5.69 Å². The summed E-state index contributed by atoms with van der Waals surface area (Å²) < 4.78 is 26.9. The van der Waals surface area contributed by atoms with E-state index in [2.05, 4.69) is 10.0 Å². The van der Waals surface area contributed by atoms with E-state index in [1.807, 2.05) is 30.5 Å². The zero-order chi connectivity index (χ0) is 14.6. The predicted molar refractivity (Wildman–Crippen MR) is 83.7 cm³/mol. The molecule has 0 radical (unpaired) electrons. The van der Waals surface area contributed by atoms with Crippen LogP contribution in [0.25, 0.3) is 0 Å². The average Bonchev–Trinajstić information content (AvgIpc) is 2.93. The summed E-state index contributed by atoms with van der Waals surface area (Å²) >= 11 is 1.65. The van der Waals surface area contributed by atoms with Gasteiger partial charge in [-0.05, 0) is 30.5 Å². The Balaban J connectivity index is 2.29. The Morgan fingerprint density at radius 2 is 1.95 bits per heavy atom. The number of rotatable bonds is 6. The lowest BCUT2D eigenvalue weighted by molar-refractivity contribution is 0.584. The van der Waals surface area contributed by atoms with E-state index in [0.29, 0.717) is 12.2 Å². The van der Waals surface area contributed by atoms with Gasteiger partial charge in [-0.1, -0.05) is 25.1 Å². The topological polar surface area (TPSA) is 58.2 Å². The predicted octanol–water partition coefficient (Wildman–Crippen LogP) is 3.22. The molecule has 6 heteroatoms. The Kier molecular flexibility index (Phi) is 4.80. The van der Waals surface area contributed by atoms with Crippen LogP contribution >= 0.6 is 11.3 Å². The molecule has 1 unspecified atom stereocenters. The Hall–Kier alpha value is -1.37. The number of hydrogen-bond acceptors (Lipinski definition) is 4. The standard InChI is InChI=1S/C14H18N2O2S2/c1-3-15-20(17,18)14-9-5-4-7-12(14)16-11(2)13-8-6-10-19-13/h4-11,15-16H,3H2,1-2H3. The largest absolute Gasteiger partial charge is 0.377 e. The van der Waals surface area contributed by atoms with Crippen molar-refractivity contribution < 1.29 is 8.42 Å². The molecule has 1 atom stereocenters. The highest BCUT2D eigenvalue weighted by Gasteiger charge is 2.18. The van der Waals surface area contributed by atoms with Crippen molar-refractivity contribution in [2.75, 3.05) is 11.9 Å². The fourth-order valence-electron chi connectivity index (χ4n) is 1.93. The van der Waals surface area contributed by atoms with Crippen LogP contribution in [0.15, 0.2) is 46.7 Å². The van der Waals surface area contributed by atoms with E-state index >= 15 is 0 Å². The first-order valence-electron chi connectivity index (χ1n) is 6.43. The summed E-state index contributed by atoms with van der Waals surface area (Å²) in [4.78, 5) is 1.45. The molecular formula is C14H18N2O2S2. The van der Waals surface area contributed by atoms with Crippen LogP contribution in [0, 0.1) is 0 Å². The lowest BCUT2D eigenvalue weighted by Crippen LogP contribution is -2.24. The minimum Gasteiger partial charge on any atom is -0.377 e. The zero-order valence-corrected chi connectivity index (χ0v) is 13.1. The Morgan fingerprint density at radius 3 is 2.60 bits per heavy atom. The molecule has 0 amide bonds. The van der Waals surface area contributed by atoms with Crippen LogP contribution in [0.5, 0.6) is 0 Å². The summed E-state index contributed by atoms with van der Waals surface area (Å²) in [5.74, 6) is 0. The van der Waals surface area contributed by atoms with E-state index in [0.717, 1.165) is 0 Å². The van der Waals surface area contributed by atoms with Gasteiger partial charge in [0.15, 0.2) is 0 Å². The van der Waals surface area contributed by atoms with Crippen molar-refractivity contribution in [1.82, 2.24) is 4.72 Å². The van der Waals surface area contributed by atoms with Crippen molar-refractivity contribution >= 4 is 27.0 Å². The molecule has 2 N–H and O–H groups in total. The number of nitrogens with one attached hydrogen (secondary N) is 2. The summed E-state index contributed by atoms with van der Waals surface area (Å²) in [5, 5.41) is 5.28. The molecule has 2 rings (SSSR count). The second kappa shape index (κ2) is 6.39. The quantitative estimate of drug-likeness (QED) is 0.861. The third-order valence-electron chi connectivity index (χ3n) is 2.85. The summed E-state index contributed by atoms with van der Waals surface area (Å²) in [6.45, 7) is 4.15. The molecule has 0 bridgehead atoms. The molecule has 0 saturated carbocycles. The molecule has 1 aromatic carbocycles. The smallest absolute Gasteiger partial charge is 0.242 e. The highest BCUT2D eigenvalue weighted by Crippen LogP contribution is 2.27. The molecule has 0 aliphatic heterocycles. The van der Waals surface area contributed by atoms with Crippen LogP contribution in [-0.4, -0.2) is 15.0 Å². The second-order valence-corrected chi connectivity index (χ2v) is 7.09. The Morgan fingerprint density at radius 1 is 1.20 bits per heavy atom. The van der Waals surface area contributed by atoms with Gasteiger partial charge in [-0.3, -0.25) is 0 Å². The van der Waals surface area contributed by atoms with Crippen molar-refractivity contribution in [3.8, 4) is 0 Å². The van der Waals surface area contributed by atoms with Crippen LogP contribution in [0.3, 0.4) is 0 Å². The van der Waals surface area contributed by atoms with Gasteiger partial charge in [0, 0.05) is 11.4 Å². The molecule has 108 valence electrons. The molecular weight excluding hydrogens is 292 g/mol. The molecule has 0 aliphatic carbocycles. The highest BCUT2D eigenvalue weighted by molar-refractivity contribution is 7.89. The number of anilines is 1. The maximum Gasteiger partial charge on any atom is 0.242 e. The van der Waals surface area contributed by atoms with Gasteiger partial charge in [-0.2, -0.15) is 0 Å². The molecule has 0 spiro atoms. The van der Waals surface area contributed by atoms with Crippen LogP contribution < -0.4 is 10.0 Å². The van der Waals surface area contributed by atoms with Crippen LogP contribution in [0.1, 0.15) is 24.8 Å². The molecule has 4 nitrogen and oxygen atoms in total. The molecule has 20 heavy (non-hydrogen) atoms. The molecule has 1 aromatic heterocycles. The monoisotopic (exact) mass is 310 g/mol. The van der Waals surface area contributed by atoms with E-state index in [-0.39, 0.29) is 10.9 Å². The van der Waals surface area contributed by atoms with Crippen LogP contribution in [0.2, 0.25) is 0 Å². The lowest BCUT2D eigenvalue weighted by atomic mass is 10.2. The number of thiophene rings is 1. The zero-order valence-electron chi connectivity index (χ0n) is 11.5. The third kappa shape index (κ3) is 3.39. The van der Waals surface area contributed by atoms with Crippen molar-refractivity contribution in [2.45, 2.75) is 24.8 Å². The number of para-hydroxylation sites is 1. The minimum absolute atomic E-state index is 0.0629. The first kappa shape index (κ1) is 15.0. The van der Waals surface area contributed by atoms with Crippen molar-refractivity contribution in [3.63, 3.8) is 0 Å². The summed E-state index contributed by atoms with van der Waals surface area (Å²) in [6, 6.07) is 11.0. The van der Waals surface area contributed by atoms with Gasteiger partial charge in [-0.25, -0.2) is 13.1 Å². The summed E-state index contributed by atoms with van der Waals surface area (Å²) in [7, 11) is -3.46. The van der Waals surface area contributed by atoms with E-state index in [1.54, 1.807) is 36.5 Å². The first-order chi connectivity index (χ1) is 9.54. The summed E-state index contributed by atoms with van der Waals surface area (Å²) in [6.07, 6.45) is 0. The fourth-order valence-corrected chi connectivity index (χ4v) is 3.87. The van der Waals surface area contributed by atoms with Gasteiger partial charge in [0.2, 0.25) is 10.0 Å². The van der Waals surface area contributed by atoms with Gasteiger partial charge in [-0.15, -0.1) is 11.3 Å². The van der Waals surface area contributed by atoms with E-state index in [1.165, 1.54) is 4.88 Å². The molecule has 0 aliphatic rings. The van der Waals surface area contributed by atoms with Crippen molar-refractivity contribution in [3.05, 3.63) is 46.7 Å². The maximum absolute atomic E-state index is 12.2.